The molecular formula is C23H14O10. The van der Waals surface area contributed by atoms with Gasteiger partial charge in [-0.25, -0.2) is 24.0 Å². The van der Waals surface area contributed by atoms with Gasteiger partial charge in [-0.2, -0.15) is 0 Å². The zero-order chi connectivity index (χ0) is 24.1. The third-order valence-corrected chi connectivity index (χ3v) is 4.24. The molecule has 0 unspecified atom stereocenters. The zero-order valence-corrected chi connectivity index (χ0v) is 16.6. The summed E-state index contributed by atoms with van der Waals surface area (Å²) in [4.78, 5) is 58.4. The molecule has 0 spiro atoms. The van der Waals surface area contributed by atoms with E-state index in [1.807, 2.05) is 0 Å². The molecule has 0 atom stereocenters. The molecule has 10 nitrogen and oxygen atoms in total. The van der Waals surface area contributed by atoms with Gasteiger partial charge in [-0.1, -0.05) is 12.1 Å². The summed E-state index contributed by atoms with van der Waals surface area (Å²) in [6.07, 6.45) is 0. The number of aromatic carboxylic acids is 3. The highest BCUT2D eigenvalue weighted by atomic mass is 16.5. The van der Waals surface area contributed by atoms with Crippen molar-refractivity contribution in [2.45, 2.75) is 0 Å². The van der Waals surface area contributed by atoms with Crippen LogP contribution in [-0.2, 0) is 0 Å². The molecule has 0 aliphatic rings. The molecule has 166 valence electrons. The first-order valence-corrected chi connectivity index (χ1v) is 9.13. The van der Waals surface area contributed by atoms with Crippen molar-refractivity contribution < 1.29 is 48.8 Å². The molecule has 10 heteroatoms. The lowest BCUT2D eigenvalue weighted by molar-refractivity contribution is 0.0677. The minimum absolute atomic E-state index is 0.0975. The van der Waals surface area contributed by atoms with Gasteiger partial charge in [-0.15, -0.1) is 0 Å². The van der Waals surface area contributed by atoms with Gasteiger partial charge in [0, 0.05) is 6.07 Å². The number of esters is 2. The number of hydrogen-bond acceptors (Lipinski definition) is 7. The topological polar surface area (TPSA) is 164 Å². The van der Waals surface area contributed by atoms with Crippen LogP contribution in [0.4, 0.5) is 0 Å². The molecule has 0 saturated heterocycles. The fourth-order valence-electron chi connectivity index (χ4n) is 2.70. The van der Waals surface area contributed by atoms with Crippen LogP contribution < -0.4 is 9.47 Å². The van der Waals surface area contributed by atoms with Crippen LogP contribution in [0, 0.1) is 0 Å². The first kappa shape index (κ1) is 22.7. The van der Waals surface area contributed by atoms with E-state index in [9.17, 15) is 29.1 Å². The van der Waals surface area contributed by atoms with Crippen molar-refractivity contribution in [1.29, 1.82) is 0 Å². The molecule has 33 heavy (non-hydrogen) atoms. The second-order valence-corrected chi connectivity index (χ2v) is 6.55. The Morgan fingerprint density at radius 1 is 0.485 bits per heavy atom. The van der Waals surface area contributed by atoms with Crippen molar-refractivity contribution in [3.05, 3.63) is 94.5 Å². The Kier molecular flexibility index (Phi) is 6.49. The standard InChI is InChI=1S/C23H14O10/c24-19(25)12-3-1-5-14(7-12)22(30)32-17-9-16(21(28)29)10-18(11-17)33-23(31)15-6-2-4-13(8-15)20(26)27/h1-11H,(H,24,25)(H,26,27)(H,28,29). The fraction of sp³-hybridized carbons (Fsp3) is 0. The van der Waals surface area contributed by atoms with Crippen LogP contribution in [0.5, 0.6) is 11.5 Å². The molecule has 0 saturated carbocycles. The van der Waals surface area contributed by atoms with Crippen LogP contribution in [0.15, 0.2) is 66.7 Å². The van der Waals surface area contributed by atoms with E-state index in [-0.39, 0.29) is 39.3 Å². The third kappa shape index (κ3) is 5.58. The quantitative estimate of drug-likeness (QED) is 0.359. The van der Waals surface area contributed by atoms with Gasteiger partial charge < -0.3 is 24.8 Å². The second kappa shape index (κ2) is 9.43. The van der Waals surface area contributed by atoms with Crippen LogP contribution in [0.1, 0.15) is 51.8 Å². The first-order chi connectivity index (χ1) is 15.6. The lowest BCUT2D eigenvalue weighted by Gasteiger charge is -2.10. The smallest absolute Gasteiger partial charge is 0.343 e. The van der Waals surface area contributed by atoms with Gasteiger partial charge >= 0.3 is 29.8 Å². The SMILES string of the molecule is O=C(O)c1cc(OC(=O)c2cccc(C(=O)O)c2)cc(OC(=O)c2cccc(C(=O)O)c2)c1. The van der Waals surface area contributed by atoms with E-state index >= 15 is 0 Å². The fourth-order valence-corrected chi connectivity index (χ4v) is 2.70. The Morgan fingerprint density at radius 2 is 0.848 bits per heavy atom. The molecule has 0 fully saturated rings. The van der Waals surface area contributed by atoms with Crippen molar-refractivity contribution in [3.8, 4) is 11.5 Å². The Morgan fingerprint density at radius 3 is 1.21 bits per heavy atom. The molecule has 3 N–H and O–H groups in total. The number of carbonyl (C=O) groups excluding carboxylic acids is 2. The van der Waals surface area contributed by atoms with Gasteiger partial charge in [-0.3, -0.25) is 0 Å². The minimum atomic E-state index is -1.40. The predicted molar refractivity (Wildman–Crippen MR) is 110 cm³/mol. The minimum Gasteiger partial charge on any atom is -0.478 e. The highest BCUT2D eigenvalue weighted by molar-refractivity contribution is 5.97. The molecule has 3 aromatic rings. The highest BCUT2D eigenvalue weighted by Crippen LogP contribution is 2.25. The Labute approximate surface area is 185 Å². The molecule has 3 aromatic carbocycles. The molecule has 0 aliphatic carbocycles. The maximum atomic E-state index is 12.4. The van der Waals surface area contributed by atoms with Crippen molar-refractivity contribution in [3.63, 3.8) is 0 Å². The van der Waals surface area contributed by atoms with Gasteiger partial charge in [0.1, 0.15) is 11.5 Å². The number of carboxylic acid groups (broad SMARTS) is 3. The summed E-state index contributed by atoms with van der Waals surface area (Å²) in [5.74, 6) is -6.38. The van der Waals surface area contributed by atoms with Crippen LogP contribution >= 0.6 is 0 Å². The van der Waals surface area contributed by atoms with E-state index < -0.39 is 29.8 Å². The summed E-state index contributed by atoms with van der Waals surface area (Å²) in [6.45, 7) is 0. The van der Waals surface area contributed by atoms with Gasteiger partial charge in [0.05, 0.1) is 27.8 Å². The predicted octanol–water partition coefficient (Wildman–Crippen LogP) is 3.22. The van der Waals surface area contributed by atoms with E-state index in [4.69, 9.17) is 19.7 Å². The molecule has 0 amide bonds. The summed E-state index contributed by atoms with van der Waals surface area (Å²) >= 11 is 0. The molecule has 0 aromatic heterocycles. The number of rotatable bonds is 7. The number of carbonyl (C=O) groups is 5. The molecule has 3 rings (SSSR count). The van der Waals surface area contributed by atoms with Gasteiger partial charge in [0.2, 0.25) is 0 Å². The Bertz CT molecular complexity index is 1200. The summed E-state index contributed by atoms with van der Waals surface area (Å²) in [5, 5.41) is 27.4. The largest absolute Gasteiger partial charge is 0.478 e. The lowest BCUT2D eigenvalue weighted by Crippen LogP contribution is -2.12. The van der Waals surface area contributed by atoms with Crippen LogP contribution in [0.2, 0.25) is 0 Å². The number of hydrogen-bond donors (Lipinski definition) is 3. The number of benzene rings is 3. The van der Waals surface area contributed by atoms with Gasteiger partial charge in [0.15, 0.2) is 0 Å². The van der Waals surface area contributed by atoms with E-state index in [0.29, 0.717) is 0 Å². The van der Waals surface area contributed by atoms with E-state index in [0.717, 1.165) is 30.3 Å². The van der Waals surface area contributed by atoms with Gasteiger partial charge in [0.25, 0.3) is 0 Å². The summed E-state index contributed by atoms with van der Waals surface area (Å²) in [5.41, 5.74) is -0.857. The Balaban J connectivity index is 1.87. The summed E-state index contributed by atoms with van der Waals surface area (Å²) in [6, 6.07) is 13.2. The average molecular weight is 450 g/mol. The lowest BCUT2D eigenvalue weighted by atomic mass is 10.1. The van der Waals surface area contributed by atoms with E-state index in [1.165, 1.54) is 36.4 Å². The van der Waals surface area contributed by atoms with Crippen molar-refractivity contribution >= 4 is 29.8 Å². The van der Waals surface area contributed by atoms with Crippen LogP contribution in [0.3, 0.4) is 0 Å². The summed E-state index contributed by atoms with van der Waals surface area (Å²) < 4.78 is 10.3. The van der Waals surface area contributed by atoms with E-state index in [2.05, 4.69) is 0 Å². The van der Waals surface area contributed by atoms with Gasteiger partial charge in [-0.05, 0) is 48.5 Å². The zero-order valence-electron chi connectivity index (χ0n) is 16.6. The van der Waals surface area contributed by atoms with Crippen molar-refractivity contribution in [1.82, 2.24) is 0 Å². The molecule has 0 aliphatic heterocycles. The molecule has 0 heterocycles. The van der Waals surface area contributed by atoms with Crippen molar-refractivity contribution in [2.24, 2.45) is 0 Å². The maximum absolute atomic E-state index is 12.4. The van der Waals surface area contributed by atoms with Crippen LogP contribution in [0.25, 0.3) is 0 Å². The summed E-state index contributed by atoms with van der Waals surface area (Å²) in [7, 11) is 0. The van der Waals surface area contributed by atoms with E-state index in [1.54, 1.807) is 0 Å². The average Bonchev–Trinajstić information content (AvgIpc) is 2.79. The molecular weight excluding hydrogens is 436 g/mol. The molecule has 0 bridgehead atoms. The maximum Gasteiger partial charge on any atom is 0.343 e. The monoisotopic (exact) mass is 450 g/mol. The third-order valence-electron chi connectivity index (χ3n) is 4.24. The number of ether oxygens (including phenoxy) is 2. The van der Waals surface area contributed by atoms with Crippen LogP contribution in [-0.4, -0.2) is 45.2 Å². The normalized spacial score (nSPS) is 10.2. The highest BCUT2D eigenvalue weighted by Gasteiger charge is 2.17. The number of carboxylic acids is 3. The first-order valence-electron chi connectivity index (χ1n) is 9.13. The second-order valence-electron chi connectivity index (χ2n) is 6.55. The molecule has 0 radical (unpaired) electrons. The van der Waals surface area contributed by atoms with Crippen molar-refractivity contribution in [2.75, 3.05) is 0 Å². The Hall–Kier alpha value is -4.99.